The second-order valence-electron chi connectivity index (χ2n) is 6.43. The van der Waals surface area contributed by atoms with Gasteiger partial charge in [0.05, 0.1) is 0 Å². The molecule has 1 aliphatic carbocycles. The van der Waals surface area contributed by atoms with Gasteiger partial charge in [-0.3, -0.25) is 4.79 Å². The van der Waals surface area contributed by atoms with E-state index in [-0.39, 0.29) is 9.86 Å². The van der Waals surface area contributed by atoms with Crippen LogP contribution in [-0.2, 0) is 4.79 Å². The Balaban J connectivity index is 2.39. The van der Waals surface area contributed by atoms with E-state index in [4.69, 9.17) is 0 Å². The van der Waals surface area contributed by atoms with E-state index in [2.05, 4.69) is 13.5 Å². The van der Waals surface area contributed by atoms with Crippen molar-refractivity contribution < 1.29 is 4.79 Å². The SMILES string of the molecule is C=C(C)C(=O)SC1(CCCCCCCC)CCCCC1. The summed E-state index contributed by atoms with van der Waals surface area (Å²) in [5, 5.41) is 0.220. The Labute approximate surface area is 130 Å². The molecule has 0 heterocycles. The third-order valence-corrected chi connectivity index (χ3v) is 5.99. The molecule has 0 saturated heterocycles. The first-order valence-electron chi connectivity index (χ1n) is 8.48. The lowest BCUT2D eigenvalue weighted by Gasteiger charge is -2.36. The summed E-state index contributed by atoms with van der Waals surface area (Å²) in [5.74, 6) is 0. The van der Waals surface area contributed by atoms with Gasteiger partial charge in [-0.05, 0) is 31.8 Å². The van der Waals surface area contributed by atoms with E-state index in [1.54, 1.807) is 11.8 Å². The van der Waals surface area contributed by atoms with Crippen molar-refractivity contribution in [3.8, 4) is 0 Å². The first-order chi connectivity index (χ1) is 9.59. The first kappa shape index (κ1) is 17.8. The molecule has 0 aromatic heterocycles. The lowest BCUT2D eigenvalue weighted by atomic mass is 9.84. The molecule has 0 bridgehead atoms. The van der Waals surface area contributed by atoms with E-state index in [1.165, 1.54) is 77.0 Å². The number of rotatable bonds is 9. The Kier molecular flexibility index (Phi) is 8.60. The molecule has 0 aromatic rings. The van der Waals surface area contributed by atoms with Crippen molar-refractivity contribution in [2.24, 2.45) is 0 Å². The summed E-state index contributed by atoms with van der Waals surface area (Å²) in [4.78, 5) is 12.1. The summed E-state index contributed by atoms with van der Waals surface area (Å²) >= 11 is 1.61. The fraction of sp³-hybridized carbons (Fsp3) is 0.833. The number of thioether (sulfide) groups is 1. The van der Waals surface area contributed by atoms with Crippen LogP contribution in [0.3, 0.4) is 0 Å². The van der Waals surface area contributed by atoms with E-state index in [0.717, 1.165) is 0 Å². The number of hydrogen-bond donors (Lipinski definition) is 0. The van der Waals surface area contributed by atoms with Crippen LogP contribution in [0, 0.1) is 0 Å². The van der Waals surface area contributed by atoms with Gasteiger partial charge in [-0.25, -0.2) is 0 Å². The van der Waals surface area contributed by atoms with Crippen molar-refractivity contribution in [1.82, 2.24) is 0 Å². The molecule has 2 heteroatoms. The van der Waals surface area contributed by atoms with Crippen molar-refractivity contribution in [2.75, 3.05) is 0 Å². The highest BCUT2D eigenvalue weighted by Gasteiger charge is 2.34. The maximum atomic E-state index is 12.1. The minimum atomic E-state index is 0.220. The molecule has 116 valence electrons. The average Bonchev–Trinajstić information content (AvgIpc) is 2.43. The maximum Gasteiger partial charge on any atom is 0.214 e. The van der Waals surface area contributed by atoms with Crippen LogP contribution < -0.4 is 0 Å². The summed E-state index contributed by atoms with van der Waals surface area (Å²) in [7, 11) is 0. The predicted octanol–water partition coefficient (Wildman–Crippen LogP) is 6.28. The molecule has 0 atom stereocenters. The van der Waals surface area contributed by atoms with Crippen molar-refractivity contribution in [1.29, 1.82) is 0 Å². The zero-order chi connectivity index (χ0) is 14.8. The summed E-state index contributed by atoms with van der Waals surface area (Å²) < 4.78 is 0.235. The Morgan fingerprint density at radius 1 is 1.05 bits per heavy atom. The predicted molar refractivity (Wildman–Crippen MR) is 91.2 cm³/mol. The molecule has 0 amide bonds. The van der Waals surface area contributed by atoms with E-state index < -0.39 is 0 Å². The molecule has 0 aliphatic heterocycles. The van der Waals surface area contributed by atoms with Gasteiger partial charge in [-0.2, -0.15) is 0 Å². The second kappa shape index (κ2) is 9.65. The van der Waals surface area contributed by atoms with Crippen molar-refractivity contribution in [2.45, 2.75) is 95.6 Å². The fourth-order valence-corrected chi connectivity index (χ4v) is 4.42. The van der Waals surface area contributed by atoms with E-state index in [9.17, 15) is 4.79 Å². The molecule has 0 aromatic carbocycles. The van der Waals surface area contributed by atoms with Crippen LogP contribution in [0.4, 0.5) is 0 Å². The first-order valence-corrected chi connectivity index (χ1v) is 9.30. The van der Waals surface area contributed by atoms with Gasteiger partial charge in [0.1, 0.15) is 0 Å². The normalized spacial score (nSPS) is 17.9. The molecular weight excluding hydrogens is 264 g/mol. The van der Waals surface area contributed by atoms with Crippen LogP contribution in [0.15, 0.2) is 12.2 Å². The Morgan fingerprint density at radius 2 is 1.65 bits per heavy atom. The van der Waals surface area contributed by atoms with Gasteiger partial charge in [0.15, 0.2) is 0 Å². The molecule has 1 aliphatic rings. The zero-order valence-corrected chi connectivity index (χ0v) is 14.3. The quantitative estimate of drug-likeness (QED) is 0.368. The van der Waals surface area contributed by atoms with Crippen molar-refractivity contribution in [3.05, 3.63) is 12.2 Å². The van der Waals surface area contributed by atoms with Crippen LogP contribution >= 0.6 is 11.8 Å². The molecular formula is C18H32OS. The van der Waals surface area contributed by atoms with Gasteiger partial charge in [0, 0.05) is 4.75 Å². The Morgan fingerprint density at radius 3 is 2.25 bits per heavy atom. The highest BCUT2D eigenvalue weighted by molar-refractivity contribution is 8.15. The molecule has 0 N–H and O–H groups in total. The highest BCUT2D eigenvalue weighted by Crippen LogP contribution is 2.44. The maximum absolute atomic E-state index is 12.1. The van der Waals surface area contributed by atoms with Gasteiger partial charge in [-0.1, -0.05) is 83.1 Å². The van der Waals surface area contributed by atoms with Crippen molar-refractivity contribution in [3.63, 3.8) is 0 Å². The average molecular weight is 297 g/mol. The summed E-state index contributed by atoms with van der Waals surface area (Å²) in [6.45, 7) is 7.92. The van der Waals surface area contributed by atoms with Crippen molar-refractivity contribution >= 4 is 16.9 Å². The molecule has 0 spiro atoms. The van der Waals surface area contributed by atoms with E-state index in [0.29, 0.717) is 5.57 Å². The van der Waals surface area contributed by atoms with Gasteiger partial charge in [-0.15, -0.1) is 0 Å². The molecule has 1 nitrogen and oxygen atoms in total. The number of carbonyl (C=O) groups excluding carboxylic acids is 1. The van der Waals surface area contributed by atoms with Gasteiger partial charge < -0.3 is 0 Å². The van der Waals surface area contributed by atoms with E-state index >= 15 is 0 Å². The molecule has 1 rings (SSSR count). The van der Waals surface area contributed by atoms with E-state index in [1.807, 2.05) is 6.92 Å². The standard InChI is InChI=1S/C18H32OS/c1-4-5-6-7-8-10-13-18(14-11-9-12-15-18)20-17(19)16(2)3/h2,4-15H2,1,3H3. The fourth-order valence-electron chi connectivity index (χ4n) is 3.11. The molecule has 1 saturated carbocycles. The Bertz CT molecular complexity index is 303. The highest BCUT2D eigenvalue weighted by atomic mass is 32.2. The Hall–Kier alpha value is -0.240. The van der Waals surface area contributed by atoms with Gasteiger partial charge in [0.25, 0.3) is 0 Å². The zero-order valence-electron chi connectivity index (χ0n) is 13.5. The molecule has 20 heavy (non-hydrogen) atoms. The summed E-state index contributed by atoms with van der Waals surface area (Å²) in [6.07, 6.45) is 15.7. The minimum absolute atomic E-state index is 0.220. The topological polar surface area (TPSA) is 17.1 Å². The second-order valence-corrected chi connectivity index (χ2v) is 7.87. The summed E-state index contributed by atoms with van der Waals surface area (Å²) in [5.41, 5.74) is 0.711. The van der Waals surface area contributed by atoms with Crippen LogP contribution in [-0.4, -0.2) is 9.86 Å². The third-order valence-electron chi connectivity index (χ3n) is 4.41. The van der Waals surface area contributed by atoms with Gasteiger partial charge >= 0.3 is 0 Å². The number of hydrogen-bond acceptors (Lipinski definition) is 2. The monoisotopic (exact) mass is 296 g/mol. The van der Waals surface area contributed by atoms with Crippen LogP contribution in [0.1, 0.15) is 90.9 Å². The minimum Gasteiger partial charge on any atom is -0.282 e. The van der Waals surface area contributed by atoms with Crippen LogP contribution in [0.5, 0.6) is 0 Å². The van der Waals surface area contributed by atoms with Crippen LogP contribution in [0.25, 0.3) is 0 Å². The summed E-state index contributed by atoms with van der Waals surface area (Å²) in [6, 6.07) is 0. The molecule has 0 unspecified atom stereocenters. The smallest absolute Gasteiger partial charge is 0.214 e. The molecule has 0 radical (unpaired) electrons. The lowest BCUT2D eigenvalue weighted by molar-refractivity contribution is -0.107. The number of carbonyl (C=O) groups is 1. The molecule has 1 fully saturated rings. The lowest BCUT2D eigenvalue weighted by Crippen LogP contribution is -2.29. The van der Waals surface area contributed by atoms with Crippen LogP contribution in [0.2, 0.25) is 0 Å². The van der Waals surface area contributed by atoms with Gasteiger partial charge in [0.2, 0.25) is 5.12 Å². The largest absolute Gasteiger partial charge is 0.282 e. The number of unbranched alkanes of at least 4 members (excludes halogenated alkanes) is 5. The third kappa shape index (κ3) is 6.47.